The number of hydrogen-bond donors (Lipinski definition) is 2. The van der Waals surface area contributed by atoms with Gasteiger partial charge in [-0.25, -0.2) is 8.42 Å². The van der Waals surface area contributed by atoms with Crippen LogP contribution in [0.25, 0.3) is 11.0 Å². The van der Waals surface area contributed by atoms with Crippen molar-refractivity contribution in [1.82, 2.24) is 13.5 Å². The summed E-state index contributed by atoms with van der Waals surface area (Å²) in [4.78, 5) is 24.2. The van der Waals surface area contributed by atoms with Crippen LogP contribution < -0.4 is 19.5 Å². The summed E-state index contributed by atoms with van der Waals surface area (Å²) in [5, 5.41) is 2.57. The lowest BCUT2D eigenvalue weighted by Crippen LogP contribution is -2.40. The standard InChI is InChI=1S/C19H18N4O7S2/c1-11(23-32(26,27)16-4-2-3-13-18(16)22-31-21-13)19(25)30-10-17(24)20-12-5-6-14-15(9-12)29-8-7-28-14/h2-6,9,11,23H,7-8,10H2,1H3,(H,20,24)/t11-/m0/s1. The fraction of sp³-hybridized carbons (Fsp3) is 0.263. The molecule has 1 atom stereocenters. The molecule has 2 aromatic carbocycles. The molecule has 0 bridgehead atoms. The molecule has 2 N–H and O–H groups in total. The number of amides is 1. The molecule has 168 valence electrons. The summed E-state index contributed by atoms with van der Waals surface area (Å²) in [5.41, 5.74) is 1.09. The number of sulfonamides is 1. The number of esters is 1. The lowest BCUT2D eigenvalue weighted by Gasteiger charge is -2.19. The van der Waals surface area contributed by atoms with E-state index < -0.39 is 34.5 Å². The summed E-state index contributed by atoms with van der Waals surface area (Å²) in [7, 11) is -4.07. The van der Waals surface area contributed by atoms with Crippen LogP contribution in [0.3, 0.4) is 0 Å². The van der Waals surface area contributed by atoms with Gasteiger partial charge < -0.3 is 19.5 Å². The molecule has 0 fully saturated rings. The van der Waals surface area contributed by atoms with Gasteiger partial charge in [0.15, 0.2) is 18.1 Å². The van der Waals surface area contributed by atoms with E-state index in [2.05, 4.69) is 18.8 Å². The first-order chi connectivity index (χ1) is 15.3. The molecule has 1 amide bonds. The molecule has 0 spiro atoms. The van der Waals surface area contributed by atoms with Crippen LogP contribution in [-0.2, 0) is 24.3 Å². The van der Waals surface area contributed by atoms with Crippen molar-refractivity contribution >= 4 is 50.3 Å². The van der Waals surface area contributed by atoms with Gasteiger partial charge in [0.25, 0.3) is 5.91 Å². The number of rotatable bonds is 7. The highest BCUT2D eigenvalue weighted by atomic mass is 32.2. The number of hydrogen-bond acceptors (Lipinski definition) is 10. The van der Waals surface area contributed by atoms with Crippen molar-refractivity contribution in [3.05, 3.63) is 36.4 Å². The summed E-state index contributed by atoms with van der Waals surface area (Å²) in [6, 6.07) is 8.18. The van der Waals surface area contributed by atoms with Crippen molar-refractivity contribution < 1.29 is 32.2 Å². The third-order valence-corrected chi connectivity index (χ3v) is 6.51. The molecule has 0 aliphatic carbocycles. The van der Waals surface area contributed by atoms with E-state index in [9.17, 15) is 18.0 Å². The van der Waals surface area contributed by atoms with Gasteiger partial charge in [-0.3, -0.25) is 9.59 Å². The van der Waals surface area contributed by atoms with Crippen molar-refractivity contribution in [2.45, 2.75) is 17.9 Å². The van der Waals surface area contributed by atoms with Crippen molar-refractivity contribution in [2.24, 2.45) is 0 Å². The minimum absolute atomic E-state index is 0.0975. The molecule has 4 rings (SSSR count). The molecule has 32 heavy (non-hydrogen) atoms. The van der Waals surface area contributed by atoms with Gasteiger partial charge in [0.1, 0.15) is 35.2 Å². The second-order valence-corrected chi connectivity index (χ2v) is 8.96. The first-order valence-electron chi connectivity index (χ1n) is 9.43. The molecule has 0 radical (unpaired) electrons. The zero-order chi connectivity index (χ0) is 22.7. The van der Waals surface area contributed by atoms with Crippen molar-refractivity contribution in [3.8, 4) is 11.5 Å². The first kappa shape index (κ1) is 21.9. The Morgan fingerprint density at radius 3 is 2.75 bits per heavy atom. The molecule has 1 aliphatic rings. The Morgan fingerprint density at radius 1 is 1.16 bits per heavy atom. The van der Waals surface area contributed by atoms with Gasteiger partial charge >= 0.3 is 5.97 Å². The van der Waals surface area contributed by atoms with Crippen LogP contribution in [0, 0.1) is 0 Å². The van der Waals surface area contributed by atoms with Crippen LogP contribution in [0.1, 0.15) is 6.92 Å². The average molecular weight is 479 g/mol. The third-order valence-electron chi connectivity index (χ3n) is 4.40. The van der Waals surface area contributed by atoms with Crippen molar-refractivity contribution in [2.75, 3.05) is 25.1 Å². The quantitative estimate of drug-likeness (QED) is 0.480. The molecular formula is C19H18N4O7S2. The molecule has 3 aromatic rings. The fourth-order valence-corrected chi connectivity index (χ4v) is 4.88. The number of aromatic nitrogens is 2. The SMILES string of the molecule is C[C@H](NS(=O)(=O)c1cccc2nsnc12)C(=O)OCC(=O)Nc1ccc2c(c1)OCCO2. The number of ether oxygens (including phenoxy) is 3. The predicted octanol–water partition coefficient (Wildman–Crippen LogP) is 1.31. The van der Waals surface area contributed by atoms with E-state index in [0.29, 0.717) is 35.9 Å². The number of nitrogens with one attached hydrogen (secondary N) is 2. The number of anilines is 1. The van der Waals surface area contributed by atoms with E-state index in [1.807, 2.05) is 0 Å². The second-order valence-electron chi connectivity index (χ2n) is 6.75. The number of fused-ring (bicyclic) bond motifs is 2. The largest absolute Gasteiger partial charge is 0.486 e. The normalized spacial score (nSPS) is 14.0. The zero-order valence-electron chi connectivity index (χ0n) is 16.7. The highest BCUT2D eigenvalue weighted by molar-refractivity contribution is 7.89. The first-order valence-corrected chi connectivity index (χ1v) is 11.6. The topological polar surface area (TPSA) is 146 Å². The van der Waals surface area contributed by atoms with Crippen LogP contribution in [-0.4, -0.2) is 54.9 Å². The van der Waals surface area contributed by atoms with Gasteiger partial charge in [-0.1, -0.05) is 6.07 Å². The van der Waals surface area contributed by atoms with Gasteiger partial charge in [-0.2, -0.15) is 13.5 Å². The van der Waals surface area contributed by atoms with Gasteiger partial charge in [0.05, 0.1) is 11.7 Å². The maximum atomic E-state index is 12.7. The zero-order valence-corrected chi connectivity index (χ0v) is 18.4. The van der Waals surface area contributed by atoms with E-state index in [4.69, 9.17) is 14.2 Å². The van der Waals surface area contributed by atoms with Gasteiger partial charge in [0, 0.05) is 11.8 Å². The Kier molecular flexibility index (Phi) is 6.21. The van der Waals surface area contributed by atoms with E-state index in [-0.39, 0.29) is 10.4 Å². The molecule has 1 aliphatic heterocycles. The Bertz CT molecular complexity index is 1280. The van der Waals surface area contributed by atoms with Gasteiger partial charge in [-0.05, 0) is 31.2 Å². The highest BCUT2D eigenvalue weighted by Gasteiger charge is 2.26. The van der Waals surface area contributed by atoms with Crippen LogP contribution in [0.15, 0.2) is 41.3 Å². The van der Waals surface area contributed by atoms with E-state index >= 15 is 0 Å². The monoisotopic (exact) mass is 478 g/mol. The smallest absolute Gasteiger partial charge is 0.324 e. The Morgan fingerprint density at radius 2 is 1.94 bits per heavy atom. The van der Waals surface area contributed by atoms with Crippen LogP contribution >= 0.6 is 11.7 Å². The fourth-order valence-electron chi connectivity index (χ4n) is 2.92. The Labute approximate surface area is 187 Å². The van der Waals surface area contributed by atoms with E-state index in [0.717, 1.165) is 11.7 Å². The van der Waals surface area contributed by atoms with E-state index in [1.54, 1.807) is 24.3 Å². The summed E-state index contributed by atoms with van der Waals surface area (Å²) in [6.07, 6.45) is 0. The lowest BCUT2D eigenvalue weighted by molar-refractivity contribution is -0.148. The van der Waals surface area contributed by atoms with Crippen LogP contribution in [0.4, 0.5) is 5.69 Å². The molecular weight excluding hydrogens is 460 g/mol. The van der Waals surface area contributed by atoms with Crippen LogP contribution in [0.5, 0.6) is 11.5 Å². The number of carbonyl (C=O) groups excluding carboxylic acids is 2. The minimum Gasteiger partial charge on any atom is -0.486 e. The molecule has 0 unspecified atom stereocenters. The third kappa shape index (κ3) is 4.79. The number of carbonyl (C=O) groups is 2. The number of benzene rings is 2. The highest BCUT2D eigenvalue weighted by Crippen LogP contribution is 2.32. The lowest BCUT2D eigenvalue weighted by atomic mass is 10.2. The summed E-state index contributed by atoms with van der Waals surface area (Å²) in [5.74, 6) is -0.428. The van der Waals surface area contributed by atoms with Crippen molar-refractivity contribution in [3.63, 3.8) is 0 Å². The predicted molar refractivity (Wildman–Crippen MR) is 114 cm³/mol. The maximum Gasteiger partial charge on any atom is 0.324 e. The molecule has 2 heterocycles. The van der Waals surface area contributed by atoms with Gasteiger partial charge in [0.2, 0.25) is 10.0 Å². The Balaban J connectivity index is 1.32. The second kappa shape index (κ2) is 9.06. The Hall–Kier alpha value is -3.29. The maximum absolute atomic E-state index is 12.7. The summed E-state index contributed by atoms with van der Waals surface area (Å²) in [6.45, 7) is 1.58. The van der Waals surface area contributed by atoms with Crippen molar-refractivity contribution in [1.29, 1.82) is 0 Å². The molecule has 0 saturated heterocycles. The molecule has 13 heteroatoms. The molecule has 0 saturated carbocycles. The number of nitrogens with zero attached hydrogens (tertiary/aromatic N) is 2. The van der Waals surface area contributed by atoms with Gasteiger partial charge in [-0.15, -0.1) is 0 Å². The minimum atomic E-state index is -4.07. The summed E-state index contributed by atoms with van der Waals surface area (Å²) >= 11 is 0.885. The molecule has 11 nitrogen and oxygen atoms in total. The molecule has 1 aromatic heterocycles. The van der Waals surface area contributed by atoms with Crippen LogP contribution in [0.2, 0.25) is 0 Å². The summed E-state index contributed by atoms with van der Waals surface area (Å²) < 4.78 is 51.4. The van der Waals surface area contributed by atoms with E-state index in [1.165, 1.54) is 19.1 Å². The average Bonchev–Trinajstić information content (AvgIpc) is 3.26.